The van der Waals surface area contributed by atoms with E-state index in [0.29, 0.717) is 30.7 Å². The molecule has 6 aromatic rings. The Bertz CT molecular complexity index is 3510. The summed E-state index contributed by atoms with van der Waals surface area (Å²) in [6, 6.07) is 25.7. The van der Waals surface area contributed by atoms with Crippen molar-refractivity contribution in [2.24, 2.45) is 0 Å². The zero-order valence-corrected chi connectivity index (χ0v) is 44.3. The van der Waals surface area contributed by atoms with Gasteiger partial charge in [-0.3, -0.25) is 19.2 Å². The second-order valence-electron chi connectivity index (χ2n) is 19.6. The van der Waals surface area contributed by atoms with Crippen LogP contribution in [-0.2, 0) is 53.1 Å². The van der Waals surface area contributed by atoms with Crippen LogP contribution in [-0.4, -0.2) is 45.6 Å². The molecule has 0 saturated heterocycles. The highest BCUT2D eigenvalue weighted by Crippen LogP contribution is 2.66. The minimum atomic E-state index is -1.17. The normalized spacial score (nSPS) is 19.5. The third-order valence-corrected chi connectivity index (χ3v) is 20.0. The summed E-state index contributed by atoms with van der Waals surface area (Å²) >= 11 is 6.18. The molecule has 380 valence electrons. The first-order valence-corrected chi connectivity index (χ1v) is 28.2. The smallest absolute Gasteiger partial charge is 0.424 e. The molecule has 76 heavy (non-hydrogen) atoms. The van der Waals surface area contributed by atoms with Crippen LogP contribution in [0.15, 0.2) is 106 Å². The first-order chi connectivity index (χ1) is 36.8. The van der Waals surface area contributed by atoms with Crippen molar-refractivity contribution >= 4 is 103 Å². The molecule has 0 radical (unpaired) electrons. The second kappa shape index (κ2) is 19.1. The van der Waals surface area contributed by atoms with Gasteiger partial charge < -0.3 is 18.9 Å². The molecule has 0 unspecified atom stereocenters. The van der Waals surface area contributed by atoms with Crippen molar-refractivity contribution in [1.82, 2.24) is 9.80 Å². The Morgan fingerprint density at radius 2 is 0.947 bits per heavy atom. The molecule has 2 saturated carbocycles. The standard InChI is InChI=1S/C58H44N4O10S4/c1-31-37(51(63)61(53(65)39(31)27-59)55(67)69-29-33-15-7-3-8-16-33)23-35-25-41-45(73-35)47-43(71-57(41)19-11-5-12-20-57)49-50(75-47)44-48(76-49)46-42(58(72-44)21-13-6-14-22-58)26-36(74-46)24-38-32(2)40(28-60)54(66)62(52(38)64)56(68)70-30-34-17-9-4-10-18-34/h3-4,7-10,15-18,23-26H,5-6,11-14,19-22,29-30H2,1-2H3/b37-23-,38-24-. The van der Waals surface area contributed by atoms with Crippen LogP contribution in [0.2, 0.25) is 0 Å². The highest BCUT2D eigenvalue weighted by molar-refractivity contribution is 7.35. The molecule has 18 heteroatoms. The molecule has 4 aliphatic heterocycles. The third kappa shape index (κ3) is 7.96. The van der Waals surface area contributed by atoms with Gasteiger partial charge in [0.15, 0.2) is 11.5 Å². The number of benzene rings is 2. The number of thiophene rings is 4. The number of carbonyl (C=O) groups is 6. The van der Waals surface area contributed by atoms with Gasteiger partial charge in [-0.1, -0.05) is 73.5 Å². The van der Waals surface area contributed by atoms with E-state index in [2.05, 4.69) is 0 Å². The number of imide groups is 6. The predicted molar refractivity (Wildman–Crippen MR) is 287 cm³/mol. The van der Waals surface area contributed by atoms with Crippen molar-refractivity contribution < 1.29 is 47.7 Å². The average molecular weight is 1090 g/mol. The Morgan fingerprint density at radius 3 is 1.32 bits per heavy atom. The summed E-state index contributed by atoms with van der Waals surface area (Å²) in [5.74, 6) is -2.27. The van der Waals surface area contributed by atoms with Gasteiger partial charge >= 0.3 is 12.2 Å². The molecule has 2 spiro atoms. The van der Waals surface area contributed by atoms with Gasteiger partial charge in [0.05, 0.1) is 28.9 Å². The largest absolute Gasteiger partial charge is 0.479 e. The summed E-state index contributed by atoms with van der Waals surface area (Å²) in [5, 5.41) is 20.3. The van der Waals surface area contributed by atoms with E-state index in [1.807, 2.05) is 36.4 Å². The summed E-state index contributed by atoms with van der Waals surface area (Å²) < 4.78 is 27.5. The quantitative estimate of drug-likeness (QED) is 0.113. The van der Waals surface area contributed by atoms with E-state index in [9.17, 15) is 39.3 Å². The lowest BCUT2D eigenvalue weighted by Crippen LogP contribution is -2.46. The second-order valence-corrected chi connectivity index (χ2v) is 23.8. The van der Waals surface area contributed by atoms with Crippen LogP contribution in [0.5, 0.6) is 11.5 Å². The minimum absolute atomic E-state index is 0.0381. The zero-order valence-electron chi connectivity index (χ0n) is 41.1. The maximum absolute atomic E-state index is 14.2. The van der Waals surface area contributed by atoms with E-state index >= 15 is 0 Å². The SMILES string of the molecule is CC1=C(C#N)C(=O)N(C(=O)OCc2ccccc2)C(=O)/C1=C\c1cc2c(s1)-c1sc3c4c(sc3c1OC21CCCCC1)-c1sc(/C=C2\C(=O)N(C(=O)OCc3ccccc3)C(=O)C(C#N)=C2C)cc1C1(CCCCC1)O4. The fourth-order valence-electron chi connectivity index (χ4n) is 11.2. The molecule has 6 amide bonds. The van der Waals surface area contributed by atoms with Crippen LogP contribution in [0, 0.1) is 22.7 Å². The first-order valence-electron chi connectivity index (χ1n) is 25.0. The molecule has 0 N–H and O–H groups in total. The Morgan fingerprint density at radius 1 is 0.566 bits per heavy atom. The number of hydrogen-bond donors (Lipinski definition) is 0. The molecule has 2 aliphatic carbocycles. The van der Waals surface area contributed by atoms with Crippen LogP contribution in [0.3, 0.4) is 0 Å². The van der Waals surface area contributed by atoms with Crippen molar-refractivity contribution in [1.29, 1.82) is 10.5 Å². The Labute approximate surface area is 452 Å². The van der Waals surface area contributed by atoms with Gasteiger partial charge in [-0.25, -0.2) is 9.59 Å². The molecule has 0 atom stereocenters. The predicted octanol–water partition coefficient (Wildman–Crippen LogP) is 13.4. The number of nitrogens with zero attached hydrogens (tertiary/aromatic N) is 4. The van der Waals surface area contributed by atoms with E-state index in [4.69, 9.17) is 18.9 Å². The Balaban J connectivity index is 0.926. The topological polar surface area (TPSA) is 193 Å². The van der Waals surface area contributed by atoms with Crippen LogP contribution >= 0.6 is 45.3 Å². The van der Waals surface area contributed by atoms with Crippen molar-refractivity contribution in [3.8, 4) is 43.1 Å². The monoisotopic (exact) mass is 1080 g/mol. The van der Waals surface area contributed by atoms with Gasteiger partial charge in [0.2, 0.25) is 0 Å². The highest BCUT2D eigenvalue weighted by Gasteiger charge is 2.50. The van der Waals surface area contributed by atoms with Crippen molar-refractivity contribution in [3.05, 3.63) is 138 Å². The van der Waals surface area contributed by atoms with Gasteiger partial charge in [0, 0.05) is 32.0 Å². The van der Waals surface area contributed by atoms with Gasteiger partial charge in [-0.05, 0) is 112 Å². The van der Waals surface area contributed by atoms with E-state index in [1.54, 1.807) is 97.2 Å². The first kappa shape index (κ1) is 49.2. The lowest BCUT2D eigenvalue weighted by atomic mass is 9.78. The maximum Gasteiger partial charge on any atom is 0.424 e. The lowest BCUT2D eigenvalue weighted by Gasteiger charge is -2.41. The number of rotatable bonds is 6. The lowest BCUT2D eigenvalue weighted by molar-refractivity contribution is -0.140. The van der Waals surface area contributed by atoms with Crippen LogP contribution < -0.4 is 9.47 Å². The summed E-state index contributed by atoms with van der Waals surface area (Å²) in [7, 11) is 0. The van der Waals surface area contributed by atoms with Crippen LogP contribution in [0.4, 0.5) is 9.59 Å². The molecule has 2 fully saturated rings. The van der Waals surface area contributed by atoms with E-state index < -0.39 is 47.0 Å². The zero-order chi connectivity index (χ0) is 52.6. The van der Waals surface area contributed by atoms with Gasteiger partial charge in [-0.15, -0.1) is 45.3 Å². The average Bonchev–Trinajstić information content (AvgIpc) is 4.42. The summed E-state index contributed by atoms with van der Waals surface area (Å²) in [6.07, 6.45) is 9.93. The molecular weight excluding hydrogens is 1040 g/mol. The van der Waals surface area contributed by atoms with E-state index in [1.165, 1.54) is 22.7 Å². The van der Waals surface area contributed by atoms with Crippen LogP contribution in [0.25, 0.3) is 41.1 Å². The van der Waals surface area contributed by atoms with Crippen molar-refractivity contribution in [2.45, 2.75) is 102 Å². The molecule has 14 nitrogen and oxygen atoms in total. The highest BCUT2D eigenvalue weighted by atomic mass is 32.1. The van der Waals surface area contributed by atoms with E-state index in [0.717, 1.165) is 116 Å². The Kier molecular flexibility index (Phi) is 12.4. The summed E-state index contributed by atoms with van der Waals surface area (Å²) in [5.41, 5.74) is 1.78. The van der Waals surface area contributed by atoms with Crippen molar-refractivity contribution in [3.63, 3.8) is 0 Å². The maximum atomic E-state index is 14.2. The van der Waals surface area contributed by atoms with Gasteiger partial charge in [-0.2, -0.15) is 20.3 Å². The number of carbonyl (C=O) groups excluding carboxylic acids is 6. The molecule has 8 heterocycles. The van der Waals surface area contributed by atoms with Gasteiger partial charge in [0.1, 0.15) is 47.7 Å². The number of hydrogen-bond acceptors (Lipinski definition) is 16. The summed E-state index contributed by atoms with van der Waals surface area (Å²) in [4.78, 5) is 88.4. The number of fused-ring (bicyclic) bond motifs is 11. The molecular formula is C58H44N4O10S4. The fourth-order valence-corrected chi connectivity index (χ4v) is 16.5. The number of ether oxygens (including phenoxy) is 4. The molecule has 2 aromatic carbocycles. The number of amides is 6. The molecule has 12 rings (SSSR count). The third-order valence-electron chi connectivity index (χ3n) is 15.1. The molecule has 0 bridgehead atoms. The fraction of sp³-hybridized carbons (Fsp3) is 0.276. The Hall–Kier alpha value is -7.74. The van der Waals surface area contributed by atoms with Crippen LogP contribution in [0.1, 0.15) is 110 Å². The minimum Gasteiger partial charge on any atom is -0.479 e. The number of nitriles is 2. The molecule has 6 aliphatic rings. The summed E-state index contributed by atoms with van der Waals surface area (Å²) in [6.45, 7) is 2.74. The van der Waals surface area contributed by atoms with Gasteiger partial charge in [0.25, 0.3) is 23.6 Å². The molecule has 4 aromatic heterocycles. The van der Waals surface area contributed by atoms with Crippen molar-refractivity contribution in [2.75, 3.05) is 0 Å². The van der Waals surface area contributed by atoms with E-state index in [-0.39, 0.29) is 46.7 Å².